The predicted molar refractivity (Wildman–Crippen MR) is 107 cm³/mol. The highest BCUT2D eigenvalue weighted by atomic mass is 16.6. The Morgan fingerprint density at radius 1 is 1.10 bits per heavy atom. The molecule has 1 aliphatic heterocycles. The number of nitro groups is 1. The SMILES string of the molecule is Cc1ccc(N2NC(=O)C(=Cc3ccc(-c4cc([N+](=O)[O-])ccc4O)o3)C2=O)cc1. The maximum Gasteiger partial charge on any atom is 0.282 e. The second kappa shape index (κ2) is 7.21. The van der Waals surface area contributed by atoms with E-state index in [0.717, 1.165) is 10.6 Å². The number of benzene rings is 2. The number of furan rings is 1. The fourth-order valence-electron chi connectivity index (χ4n) is 2.99. The number of aromatic hydroxyl groups is 1. The lowest BCUT2D eigenvalue weighted by atomic mass is 10.1. The summed E-state index contributed by atoms with van der Waals surface area (Å²) in [4.78, 5) is 35.3. The number of aryl methyl sites for hydroxylation is 1. The number of carbonyl (C=O) groups excluding carboxylic acids is 2. The van der Waals surface area contributed by atoms with Gasteiger partial charge in [-0.05, 0) is 43.3 Å². The van der Waals surface area contributed by atoms with Crippen molar-refractivity contribution in [3.05, 3.63) is 81.6 Å². The van der Waals surface area contributed by atoms with E-state index >= 15 is 0 Å². The van der Waals surface area contributed by atoms with Gasteiger partial charge in [-0.15, -0.1) is 0 Å². The number of non-ortho nitro benzene ring substituents is 1. The van der Waals surface area contributed by atoms with E-state index in [1.807, 2.05) is 19.1 Å². The molecular formula is C21H15N3O6. The Morgan fingerprint density at radius 2 is 1.83 bits per heavy atom. The van der Waals surface area contributed by atoms with Crippen molar-refractivity contribution in [2.45, 2.75) is 6.92 Å². The number of rotatable bonds is 4. The van der Waals surface area contributed by atoms with E-state index in [1.54, 1.807) is 12.1 Å². The molecule has 3 aromatic rings. The van der Waals surface area contributed by atoms with Crippen LogP contribution < -0.4 is 10.4 Å². The van der Waals surface area contributed by atoms with Crippen LogP contribution >= 0.6 is 0 Å². The second-order valence-corrected chi connectivity index (χ2v) is 6.64. The molecule has 0 atom stereocenters. The molecule has 9 nitrogen and oxygen atoms in total. The summed E-state index contributed by atoms with van der Waals surface area (Å²) in [5.41, 5.74) is 3.82. The highest BCUT2D eigenvalue weighted by Gasteiger charge is 2.34. The quantitative estimate of drug-likeness (QED) is 0.297. The molecule has 0 spiro atoms. The van der Waals surface area contributed by atoms with Gasteiger partial charge >= 0.3 is 0 Å². The van der Waals surface area contributed by atoms with Gasteiger partial charge in [-0.3, -0.25) is 25.1 Å². The van der Waals surface area contributed by atoms with Crippen molar-refractivity contribution in [2.75, 3.05) is 5.01 Å². The van der Waals surface area contributed by atoms with Gasteiger partial charge in [0.1, 0.15) is 22.8 Å². The number of hydrogen-bond donors (Lipinski definition) is 2. The zero-order valence-electron chi connectivity index (χ0n) is 15.7. The number of nitrogens with one attached hydrogen (secondary N) is 1. The van der Waals surface area contributed by atoms with E-state index in [2.05, 4.69) is 5.43 Å². The summed E-state index contributed by atoms with van der Waals surface area (Å²) >= 11 is 0. The lowest BCUT2D eigenvalue weighted by Gasteiger charge is -2.14. The molecule has 0 aliphatic carbocycles. The highest BCUT2D eigenvalue weighted by Crippen LogP contribution is 2.34. The zero-order chi connectivity index (χ0) is 21.4. The molecule has 2 N–H and O–H groups in total. The zero-order valence-corrected chi connectivity index (χ0v) is 15.7. The molecule has 2 heterocycles. The van der Waals surface area contributed by atoms with E-state index in [9.17, 15) is 24.8 Å². The molecule has 9 heteroatoms. The van der Waals surface area contributed by atoms with Crippen LogP contribution in [0.5, 0.6) is 5.75 Å². The first-order valence-electron chi connectivity index (χ1n) is 8.85. The Morgan fingerprint density at radius 3 is 2.53 bits per heavy atom. The van der Waals surface area contributed by atoms with Gasteiger partial charge in [0.15, 0.2) is 0 Å². The number of hydrogen-bond acceptors (Lipinski definition) is 6. The maximum atomic E-state index is 12.7. The summed E-state index contributed by atoms with van der Waals surface area (Å²) in [5.74, 6) is -0.990. The molecule has 1 aliphatic rings. The van der Waals surface area contributed by atoms with Crippen molar-refractivity contribution < 1.29 is 24.0 Å². The van der Waals surface area contributed by atoms with E-state index in [4.69, 9.17) is 4.42 Å². The van der Waals surface area contributed by atoms with E-state index in [-0.39, 0.29) is 34.1 Å². The van der Waals surface area contributed by atoms with Gasteiger partial charge < -0.3 is 9.52 Å². The van der Waals surface area contributed by atoms with Gasteiger partial charge in [-0.2, -0.15) is 0 Å². The maximum absolute atomic E-state index is 12.7. The van der Waals surface area contributed by atoms with Crippen molar-refractivity contribution in [3.63, 3.8) is 0 Å². The third kappa shape index (κ3) is 3.39. The standard InChI is InChI=1S/C21H15N3O6/c1-12-2-4-13(5-3-12)23-21(27)17(20(26)22-23)11-15-7-9-19(30-15)16-10-14(24(28)29)6-8-18(16)25/h2-11,25H,1H3,(H,22,26). The summed E-state index contributed by atoms with van der Waals surface area (Å²) in [6.07, 6.45) is 1.28. The molecule has 2 amide bonds. The van der Waals surface area contributed by atoms with Crippen LogP contribution in [0.25, 0.3) is 17.4 Å². The molecule has 1 fully saturated rings. The Balaban J connectivity index is 1.64. The first-order valence-corrected chi connectivity index (χ1v) is 8.85. The Labute approximate surface area is 170 Å². The summed E-state index contributed by atoms with van der Waals surface area (Å²) in [5, 5.41) is 22.1. The van der Waals surface area contributed by atoms with Crippen LogP contribution in [0.1, 0.15) is 11.3 Å². The van der Waals surface area contributed by atoms with Crippen molar-refractivity contribution >= 4 is 29.3 Å². The van der Waals surface area contributed by atoms with Gasteiger partial charge in [-0.1, -0.05) is 17.7 Å². The highest BCUT2D eigenvalue weighted by molar-refractivity contribution is 6.31. The third-order valence-corrected chi connectivity index (χ3v) is 4.55. The molecular weight excluding hydrogens is 390 g/mol. The molecule has 2 aromatic carbocycles. The Hall–Kier alpha value is -4.40. The number of phenolic OH excluding ortho intramolecular Hbond substituents is 1. The number of nitro benzene ring substituents is 1. The minimum absolute atomic E-state index is 0.123. The lowest BCUT2D eigenvalue weighted by molar-refractivity contribution is -0.384. The fraction of sp³-hybridized carbons (Fsp3) is 0.0476. The number of phenols is 1. The molecule has 1 saturated heterocycles. The van der Waals surface area contributed by atoms with Crippen LogP contribution in [-0.2, 0) is 9.59 Å². The van der Waals surface area contributed by atoms with Crippen LogP contribution in [0.3, 0.4) is 0 Å². The lowest BCUT2D eigenvalue weighted by Crippen LogP contribution is -2.35. The number of amides is 2. The number of hydrazine groups is 1. The first kappa shape index (κ1) is 18.9. The molecule has 0 radical (unpaired) electrons. The Bertz CT molecular complexity index is 1210. The molecule has 0 unspecified atom stereocenters. The largest absolute Gasteiger partial charge is 0.507 e. The first-order chi connectivity index (χ1) is 14.3. The van der Waals surface area contributed by atoms with E-state index in [1.165, 1.54) is 36.4 Å². The van der Waals surface area contributed by atoms with Crippen molar-refractivity contribution in [2.24, 2.45) is 0 Å². The minimum Gasteiger partial charge on any atom is -0.507 e. The van der Waals surface area contributed by atoms with Crippen molar-refractivity contribution in [1.82, 2.24) is 5.43 Å². The van der Waals surface area contributed by atoms with Crippen LogP contribution in [0.2, 0.25) is 0 Å². The molecule has 1 aromatic heterocycles. The van der Waals surface area contributed by atoms with Crippen LogP contribution in [0.15, 0.2) is 64.6 Å². The van der Waals surface area contributed by atoms with Crippen LogP contribution in [0, 0.1) is 17.0 Å². The molecule has 4 rings (SSSR count). The van der Waals surface area contributed by atoms with Crippen LogP contribution in [0.4, 0.5) is 11.4 Å². The van der Waals surface area contributed by atoms with Crippen molar-refractivity contribution in [1.29, 1.82) is 0 Å². The molecule has 0 saturated carbocycles. The fourth-order valence-corrected chi connectivity index (χ4v) is 2.99. The Kier molecular flexibility index (Phi) is 4.55. The summed E-state index contributed by atoms with van der Waals surface area (Å²) in [7, 11) is 0. The number of nitrogens with zero attached hydrogens (tertiary/aromatic N) is 2. The van der Waals surface area contributed by atoms with Gasteiger partial charge in [0.25, 0.3) is 17.5 Å². The topological polar surface area (TPSA) is 126 Å². The summed E-state index contributed by atoms with van der Waals surface area (Å²) in [6.45, 7) is 1.91. The summed E-state index contributed by atoms with van der Waals surface area (Å²) in [6, 6.07) is 13.6. The molecule has 0 bridgehead atoms. The number of anilines is 1. The van der Waals surface area contributed by atoms with Gasteiger partial charge in [0.2, 0.25) is 0 Å². The smallest absolute Gasteiger partial charge is 0.282 e. The summed E-state index contributed by atoms with van der Waals surface area (Å²) < 4.78 is 5.59. The average molecular weight is 405 g/mol. The van der Waals surface area contributed by atoms with Gasteiger partial charge in [-0.25, -0.2) is 5.01 Å². The normalized spacial score (nSPS) is 15.0. The number of carbonyl (C=O) groups is 2. The average Bonchev–Trinajstić information content (AvgIpc) is 3.29. The van der Waals surface area contributed by atoms with Crippen molar-refractivity contribution in [3.8, 4) is 17.1 Å². The third-order valence-electron chi connectivity index (χ3n) is 4.55. The molecule has 150 valence electrons. The van der Waals surface area contributed by atoms with Crippen LogP contribution in [-0.4, -0.2) is 21.8 Å². The predicted octanol–water partition coefficient (Wildman–Crippen LogP) is 3.33. The molecule has 30 heavy (non-hydrogen) atoms. The minimum atomic E-state index is -0.587. The van der Waals surface area contributed by atoms with Gasteiger partial charge in [0.05, 0.1) is 16.2 Å². The van der Waals surface area contributed by atoms with E-state index < -0.39 is 16.7 Å². The second-order valence-electron chi connectivity index (χ2n) is 6.64. The monoisotopic (exact) mass is 405 g/mol. The van der Waals surface area contributed by atoms with Gasteiger partial charge in [0, 0.05) is 12.1 Å². The van der Waals surface area contributed by atoms with E-state index in [0.29, 0.717) is 5.69 Å².